The molecule has 0 aromatic heterocycles. The lowest BCUT2D eigenvalue weighted by Gasteiger charge is -2.09. The first kappa shape index (κ1) is 16.3. The Hall–Kier alpha value is -2.04. The smallest absolute Gasteiger partial charge is 0.119 e. The van der Waals surface area contributed by atoms with E-state index >= 15 is 0 Å². The highest BCUT2D eigenvalue weighted by Gasteiger charge is 1.98. The van der Waals surface area contributed by atoms with E-state index in [1.165, 1.54) is 5.56 Å². The Morgan fingerprint density at radius 3 is 2.41 bits per heavy atom. The molecular formula is C18H23NO3. The van der Waals surface area contributed by atoms with Crippen molar-refractivity contribution in [2.24, 2.45) is 0 Å². The minimum atomic E-state index is 0.568. The van der Waals surface area contributed by atoms with Crippen molar-refractivity contribution in [3.63, 3.8) is 0 Å². The van der Waals surface area contributed by atoms with Gasteiger partial charge < -0.3 is 19.5 Å². The summed E-state index contributed by atoms with van der Waals surface area (Å²) in [5, 5.41) is 3.36. The molecule has 0 aliphatic carbocycles. The van der Waals surface area contributed by atoms with Crippen LogP contribution in [0.4, 0.5) is 0 Å². The second-order valence-electron chi connectivity index (χ2n) is 4.83. The van der Waals surface area contributed by atoms with Gasteiger partial charge in [-0.2, -0.15) is 0 Å². The van der Waals surface area contributed by atoms with Crippen LogP contribution >= 0.6 is 0 Å². The van der Waals surface area contributed by atoms with Gasteiger partial charge in [-0.05, 0) is 29.8 Å². The largest absolute Gasteiger partial charge is 0.492 e. The van der Waals surface area contributed by atoms with Crippen LogP contribution < -0.4 is 14.8 Å². The number of ether oxygens (including phenoxy) is 3. The van der Waals surface area contributed by atoms with Crippen LogP contribution in [0.5, 0.6) is 11.5 Å². The van der Waals surface area contributed by atoms with Crippen molar-refractivity contribution in [2.75, 3.05) is 33.5 Å². The van der Waals surface area contributed by atoms with Crippen LogP contribution in [0.2, 0.25) is 0 Å². The van der Waals surface area contributed by atoms with Gasteiger partial charge in [-0.15, -0.1) is 0 Å². The van der Waals surface area contributed by atoms with Gasteiger partial charge in [-0.3, -0.25) is 0 Å². The summed E-state index contributed by atoms with van der Waals surface area (Å²) in [6.45, 7) is 3.40. The maximum atomic E-state index is 5.63. The second-order valence-corrected chi connectivity index (χ2v) is 4.83. The van der Waals surface area contributed by atoms with E-state index in [1.807, 2.05) is 48.5 Å². The molecule has 0 bridgehead atoms. The Morgan fingerprint density at radius 1 is 0.818 bits per heavy atom. The van der Waals surface area contributed by atoms with E-state index in [1.54, 1.807) is 7.11 Å². The molecular weight excluding hydrogens is 278 g/mol. The highest BCUT2D eigenvalue weighted by Crippen LogP contribution is 2.13. The normalized spacial score (nSPS) is 10.4. The molecule has 1 N–H and O–H groups in total. The topological polar surface area (TPSA) is 39.7 Å². The van der Waals surface area contributed by atoms with Crippen molar-refractivity contribution in [1.82, 2.24) is 5.32 Å². The minimum absolute atomic E-state index is 0.568. The summed E-state index contributed by atoms with van der Waals surface area (Å²) in [6, 6.07) is 17.9. The van der Waals surface area contributed by atoms with E-state index in [-0.39, 0.29) is 0 Å². The van der Waals surface area contributed by atoms with Gasteiger partial charge in [0.2, 0.25) is 0 Å². The zero-order valence-corrected chi connectivity index (χ0v) is 13.0. The Kier molecular flexibility index (Phi) is 7.29. The average molecular weight is 301 g/mol. The summed E-state index contributed by atoms with van der Waals surface area (Å²) < 4.78 is 16.2. The summed E-state index contributed by atoms with van der Waals surface area (Å²) in [5.41, 5.74) is 1.19. The summed E-state index contributed by atoms with van der Waals surface area (Å²) in [6.07, 6.45) is 0. The van der Waals surface area contributed by atoms with Crippen molar-refractivity contribution in [3.8, 4) is 11.5 Å². The zero-order valence-electron chi connectivity index (χ0n) is 13.0. The Balaban J connectivity index is 1.65. The first-order chi connectivity index (χ1) is 10.9. The maximum Gasteiger partial charge on any atom is 0.119 e. The van der Waals surface area contributed by atoms with Crippen LogP contribution in [0.25, 0.3) is 0 Å². The predicted octanol–water partition coefficient (Wildman–Crippen LogP) is 2.88. The number of rotatable bonds is 10. The van der Waals surface area contributed by atoms with E-state index in [9.17, 15) is 0 Å². The van der Waals surface area contributed by atoms with Crippen molar-refractivity contribution in [1.29, 1.82) is 0 Å². The van der Waals surface area contributed by atoms with Gasteiger partial charge in [0.05, 0.1) is 6.61 Å². The minimum Gasteiger partial charge on any atom is -0.492 e. The van der Waals surface area contributed by atoms with Gasteiger partial charge in [-0.25, -0.2) is 0 Å². The summed E-state index contributed by atoms with van der Waals surface area (Å²) in [4.78, 5) is 0. The maximum absolute atomic E-state index is 5.63. The van der Waals surface area contributed by atoms with Gasteiger partial charge >= 0.3 is 0 Å². The Labute approximate surface area is 132 Å². The average Bonchev–Trinajstić information content (AvgIpc) is 2.56. The van der Waals surface area contributed by atoms with Gasteiger partial charge in [0.25, 0.3) is 0 Å². The Bertz CT molecular complexity index is 531. The third-order valence-electron chi connectivity index (χ3n) is 3.07. The van der Waals surface area contributed by atoms with Crippen molar-refractivity contribution in [3.05, 3.63) is 60.2 Å². The molecule has 0 saturated carbocycles. The molecule has 0 saturated heterocycles. The van der Waals surface area contributed by atoms with E-state index in [4.69, 9.17) is 14.2 Å². The summed E-state index contributed by atoms with van der Waals surface area (Å²) in [5.74, 6) is 1.77. The molecule has 0 fully saturated rings. The van der Waals surface area contributed by atoms with E-state index in [0.29, 0.717) is 19.8 Å². The van der Waals surface area contributed by atoms with E-state index in [0.717, 1.165) is 24.6 Å². The zero-order chi connectivity index (χ0) is 15.5. The molecule has 0 amide bonds. The number of methoxy groups -OCH3 is 1. The molecule has 22 heavy (non-hydrogen) atoms. The van der Waals surface area contributed by atoms with E-state index in [2.05, 4.69) is 11.4 Å². The molecule has 0 aliphatic heterocycles. The number of benzene rings is 2. The number of hydrogen-bond donors (Lipinski definition) is 1. The van der Waals surface area contributed by atoms with Gasteiger partial charge in [0, 0.05) is 20.2 Å². The fraction of sp³-hybridized carbons (Fsp3) is 0.333. The van der Waals surface area contributed by atoms with E-state index < -0.39 is 0 Å². The van der Waals surface area contributed by atoms with Gasteiger partial charge in [0.1, 0.15) is 24.7 Å². The molecule has 0 spiro atoms. The molecule has 2 aromatic carbocycles. The standard InChI is InChI=1S/C18H23NO3/c1-20-12-13-22-18-9-5-6-16(14-18)15-19-10-11-21-17-7-3-2-4-8-17/h2-9,14,19H,10-13,15H2,1H3. The molecule has 0 aliphatic rings. The summed E-state index contributed by atoms with van der Waals surface area (Å²) in [7, 11) is 1.67. The number of para-hydroxylation sites is 1. The predicted molar refractivity (Wildman–Crippen MR) is 87.5 cm³/mol. The quantitative estimate of drug-likeness (QED) is 0.685. The Morgan fingerprint density at radius 2 is 1.59 bits per heavy atom. The molecule has 2 aromatic rings. The lowest BCUT2D eigenvalue weighted by atomic mass is 10.2. The fourth-order valence-electron chi connectivity index (χ4n) is 1.98. The number of hydrogen-bond acceptors (Lipinski definition) is 4. The summed E-state index contributed by atoms with van der Waals surface area (Å²) >= 11 is 0. The monoisotopic (exact) mass is 301 g/mol. The van der Waals surface area contributed by atoms with Gasteiger partial charge in [-0.1, -0.05) is 30.3 Å². The number of nitrogens with one attached hydrogen (secondary N) is 1. The molecule has 4 heteroatoms. The fourth-order valence-corrected chi connectivity index (χ4v) is 1.98. The molecule has 0 atom stereocenters. The van der Waals surface area contributed by atoms with Crippen LogP contribution in [0.15, 0.2) is 54.6 Å². The van der Waals surface area contributed by atoms with Crippen LogP contribution in [-0.2, 0) is 11.3 Å². The third kappa shape index (κ3) is 6.16. The van der Waals surface area contributed by atoms with Crippen LogP contribution in [-0.4, -0.2) is 33.5 Å². The van der Waals surface area contributed by atoms with Crippen molar-refractivity contribution in [2.45, 2.75) is 6.54 Å². The van der Waals surface area contributed by atoms with Crippen LogP contribution in [0.3, 0.4) is 0 Å². The highest BCUT2D eigenvalue weighted by atomic mass is 16.5. The lowest BCUT2D eigenvalue weighted by Crippen LogP contribution is -2.20. The first-order valence-corrected chi connectivity index (χ1v) is 7.48. The van der Waals surface area contributed by atoms with Gasteiger partial charge in [0.15, 0.2) is 0 Å². The van der Waals surface area contributed by atoms with Crippen LogP contribution in [0.1, 0.15) is 5.56 Å². The SMILES string of the molecule is COCCOc1cccc(CNCCOc2ccccc2)c1. The molecule has 0 unspecified atom stereocenters. The third-order valence-corrected chi connectivity index (χ3v) is 3.07. The van der Waals surface area contributed by atoms with Crippen molar-refractivity contribution >= 4 is 0 Å². The van der Waals surface area contributed by atoms with Crippen LogP contribution in [0, 0.1) is 0 Å². The molecule has 0 heterocycles. The highest BCUT2D eigenvalue weighted by molar-refractivity contribution is 5.28. The second kappa shape index (κ2) is 9.82. The molecule has 0 radical (unpaired) electrons. The molecule has 118 valence electrons. The molecule has 2 rings (SSSR count). The molecule has 4 nitrogen and oxygen atoms in total. The first-order valence-electron chi connectivity index (χ1n) is 7.48. The lowest BCUT2D eigenvalue weighted by molar-refractivity contribution is 0.146. The van der Waals surface area contributed by atoms with Crippen molar-refractivity contribution < 1.29 is 14.2 Å².